The van der Waals surface area contributed by atoms with Crippen molar-refractivity contribution in [3.8, 4) is 0 Å². The molecule has 0 saturated heterocycles. The van der Waals surface area contributed by atoms with Crippen molar-refractivity contribution >= 4 is 23.2 Å². The maximum Gasteiger partial charge on any atom is 0.123 e. The molecule has 3 N–H and O–H groups in total. The highest BCUT2D eigenvalue weighted by Crippen LogP contribution is 2.33. The molecule has 0 amide bonds. The van der Waals surface area contributed by atoms with E-state index in [1.54, 1.807) is 30.3 Å². The second-order valence-electron chi connectivity index (χ2n) is 4.51. The van der Waals surface area contributed by atoms with Crippen LogP contribution in [0.25, 0.3) is 0 Å². The first-order chi connectivity index (χ1) is 9.52. The van der Waals surface area contributed by atoms with Crippen LogP contribution in [0.15, 0.2) is 42.5 Å². The Kier molecular flexibility index (Phi) is 5.00. The second-order valence-corrected chi connectivity index (χ2v) is 5.33. The fourth-order valence-corrected chi connectivity index (χ4v) is 2.39. The summed E-state index contributed by atoms with van der Waals surface area (Å²) < 4.78 is 12.9. The lowest BCUT2D eigenvalue weighted by Crippen LogP contribution is -2.20. The Balaban J connectivity index is 2.31. The van der Waals surface area contributed by atoms with E-state index in [0.717, 1.165) is 5.56 Å². The molecule has 0 aliphatic rings. The van der Waals surface area contributed by atoms with Gasteiger partial charge in [-0.1, -0.05) is 41.4 Å². The molecule has 20 heavy (non-hydrogen) atoms. The van der Waals surface area contributed by atoms with E-state index in [-0.39, 0.29) is 18.3 Å². The van der Waals surface area contributed by atoms with E-state index >= 15 is 0 Å². The van der Waals surface area contributed by atoms with Crippen LogP contribution in [0.5, 0.6) is 0 Å². The molecule has 0 aliphatic heterocycles. The van der Waals surface area contributed by atoms with Gasteiger partial charge in [0, 0.05) is 12.5 Å². The number of aliphatic hydroxyl groups excluding tert-OH is 1. The predicted octanol–water partition coefficient (Wildman–Crippen LogP) is 3.91. The molecule has 0 radical (unpaired) electrons. The highest BCUT2D eigenvalue weighted by atomic mass is 35.5. The van der Waals surface area contributed by atoms with E-state index in [2.05, 4.69) is 0 Å². The van der Waals surface area contributed by atoms with Crippen molar-refractivity contribution in [2.75, 3.05) is 6.54 Å². The van der Waals surface area contributed by atoms with E-state index in [0.29, 0.717) is 15.6 Å². The van der Waals surface area contributed by atoms with Gasteiger partial charge in [-0.3, -0.25) is 0 Å². The van der Waals surface area contributed by atoms with Crippen LogP contribution in [0.1, 0.15) is 23.1 Å². The molecule has 0 fully saturated rings. The van der Waals surface area contributed by atoms with Crippen molar-refractivity contribution in [2.24, 2.45) is 5.73 Å². The van der Waals surface area contributed by atoms with Gasteiger partial charge in [-0.25, -0.2) is 4.39 Å². The van der Waals surface area contributed by atoms with E-state index in [1.807, 2.05) is 0 Å². The Labute approximate surface area is 126 Å². The molecule has 2 rings (SSSR count). The minimum atomic E-state index is -0.835. The van der Waals surface area contributed by atoms with E-state index in [1.165, 1.54) is 12.1 Å². The van der Waals surface area contributed by atoms with Gasteiger partial charge in [0.1, 0.15) is 5.82 Å². The quantitative estimate of drug-likeness (QED) is 0.899. The number of halogens is 3. The first-order valence-corrected chi connectivity index (χ1v) is 6.87. The van der Waals surface area contributed by atoms with Gasteiger partial charge in [0.15, 0.2) is 0 Å². The highest BCUT2D eigenvalue weighted by Gasteiger charge is 2.22. The molecular formula is C15H14Cl2FNO. The summed E-state index contributed by atoms with van der Waals surface area (Å²) in [6, 6.07) is 10.8. The molecule has 106 valence electrons. The molecule has 2 aromatic rings. The maximum atomic E-state index is 12.9. The summed E-state index contributed by atoms with van der Waals surface area (Å²) in [7, 11) is 0. The Hall–Kier alpha value is -1.13. The van der Waals surface area contributed by atoms with Gasteiger partial charge in [-0.05, 0) is 35.4 Å². The van der Waals surface area contributed by atoms with Gasteiger partial charge < -0.3 is 10.8 Å². The molecule has 0 bridgehead atoms. The van der Waals surface area contributed by atoms with Crippen LogP contribution in [0.2, 0.25) is 10.0 Å². The van der Waals surface area contributed by atoms with Crippen LogP contribution >= 0.6 is 23.2 Å². The summed E-state index contributed by atoms with van der Waals surface area (Å²) >= 11 is 11.9. The summed E-state index contributed by atoms with van der Waals surface area (Å²) in [6.07, 6.45) is -0.835. The predicted molar refractivity (Wildman–Crippen MR) is 79.6 cm³/mol. The average molecular weight is 314 g/mol. The summed E-state index contributed by atoms with van der Waals surface area (Å²) in [5, 5.41) is 11.3. The standard InChI is InChI=1S/C15H14Cl2FNO/c16-13-6-3-10(7-14(13)17)12(8-19)15(20)9-1-4-11(18)5-2-9/h1-7,12,15,20H,8,19H2. The third kappa shape index (κ3) is 3.30. The fourth-order valence-electron chi connectivity index (χ4n) is 2.08. The first kappa shape index (κ1) is 15.3. The van der Waals surface area contributed by atoms with Crippen LogP contribution in [0.4, 0.5) is 4.39 Å². The lowest BCUT2D eigenvalue weighted by atomic mass is 9.89. The lowest BCUT2D eigenvalue weighted by Gasteiger charge is -2.22. The van der Waals surface area contributed by atoms with Crippen molar-refractivity contribution in [2.45, 2.75) is 12.0 Å². The van der Waals surface area contributed by atoms with Crippen molar-refractivity contribution in [3.63, 3.8) is 0 Å². The van der Waals surface area contributed by atoms with E-state index < -0.39 is 6.10 Å². The maximum absolute atomic E-state index is 12.9. The first-order valence-electron chi connectivity index (χ1n) is 6.11. The monoisotopic (exact) mass is 313 g/mol. The molecule has 0 saturated carbocycles. The molecule has 2 aromatic carbocycles. The second kappa shape index (κ2) is 6.55. The molecular weight excluding hydrogens is 300 g/mol. The largest absolute Gasteiger partial charge is 0.388 e. The molecule has 0 aliphatic carbocycles. The van der Waals surface area contributed by atoms with E-state index in [4.69, 9.17) is 28.9 Å². The van der Waals surface area contributed by atoms with Crippen molar-refractivity contribution < 1.29 is 9.50 Å². The summed E-state index contributed by atoms with van der Waals surface area (Å²) in [6.45, 7) is 0.233. The number of rotatable bonds is 4. The van der Waals surface area contributed by atoms with Crippen molar-refractivity contribution in [1.29, 1.82) is 0 Å². The summed E-state index contributed by atoms with van der Waals surface area (Å²) in [5.41, 5.74) is 7.15. The minimum Gasteiger partial charge on any atom is -0.388 e. The molecule has 0 spiro atoms. The Morgan fingerprint density at radius 2 is 1.60 bits per heavy atom. The van der Waals surface area contributed by atoms with Crippen LogP contribution in [0.3, 0.4) is 0 Å². The van der Waals surface area contributed by atoms with Crippen molar-refractivity contribution in [3.05, 3.63) is 69.5 Å². The summed E-state index contributed by atoms with van der Waals surface area (Å²) in [5.74, 6) is -0.685. The Morgan fingerprint density at radius 1 is 1.00 bits per heavy atom. The molecule has 2 atom stereocenters. The molecule has 2 unspecified atom stereocenters. The molecule has 2 nitrogen and oxygen atoms in total. The minimum absolute atomic E-state index is 0.233. The number of benzene rings is 2. The zero-order valence-corrected chi connectivity index (χ0v) is 12.1. The zero-order valence-electron chi connectivity index (χ0n) is 10.6. The lowest BCUT2D eigenvalue weighted by molar-refractivity contribution is 0.147. The third-order valence-electron chi connectivity index (χ3n) is 3.22. The van der Waals surface area contributed by atoms with Gasteiger partial charge in [-0.2, -0.15) is 0 Å². The van der Waals surface area contributed by atoms with Gasteiger partial charge in [-0.15, -0.1) is 0 Å². The summed E-state index contributed by atoms with van der Waals surface area (Å²) in [4.78, 5) is 0. The van der Waals surface area contributed by atoms with Crippen LogP contribution in [0, 0.1) is 5.82 Å². The van der Waals surface area contributed by atoms with Crippen LogP contribution in [-0.2, 0) is 0 Å². The highest BCUT2D eigenvalue weighted by molar-refractivity contribution is 6.42. The Morgan fingerprint density at radius 3 is 2.15 bits per heavy atom. The number of nitrogens with two attached hydrogens (primary N) is 1. The van der Waals surface area contributed by atoms with Gasteiger partial charge in [0.25, 0.3) is 0 Å². The fraction of sp³-hybridized carbons (Fsp3) is 0.200. The number of aliphatic hydroxyl groups is 1. The van der Waals surface area contributed by atoms with Crippen LogP contribution < -0.4 is 5.73 Å². The molecule has 0 heterocycles. The zero-order chi connectivity index (χ0) is 14.7. The van der Waals surface area contributed by atoms with Gasteiger partial charge in [0.05, 0.1) is 16.1 Å². The average Bonchev–Trinajstić information content (AvgIpc) is 2.44. The van der Waals surface area contributed by atoms with Crippen molar-refractivity contribution in [1.82, 2.24) is 0 Å². The van der Waals surface area contributed by atoms with Crippen LogP contribution in [-0.4, -0.2) is 11.7 Å². The van der Waals surface area contributed by atoms with Gasteiger partial charge >= 0.3 is 0 Å². The number of hydrogen-bond acceptors (Lipinski definition) is 2. The topological polar surface area (TPSA) is 46.2 Å². The normalized spacial score (nSPS) is 14.1. The third-order valence-corrected chi connectivity index (χ3v) is 3.96. The SMILES string of the molecule is NCC(c1ccc(Cl)c(Cl)c1)C(O)c1ccc(F)cc1. The molecule has 5 heteroatoms. The smallest absolute Gasteiger partial charge is 0.123 e. The Bertz CT molecular complexity index is 589. The van der Waals surface area contributed by atoms with Gasteiger partial charge in [0.2, 0.25) is 0 Å². The number of hydrogen-bond donors (Lipinski definition) is 2. The molecule has 0 aromatic heterocycles. The van der Waals surface area contributed by atoms with E-state index in [9.17, 15) is 9.50 Å².